The van der Waals surface area contributed by atoms with Gasteiger partial charge in [0.1, 0.15) is 0 Å². The molecule has 2 aromatic rings. The Labute approximate surface area is 210 Å². The van der Waals surface area contributed by atoms with Crippen molar-refractivity contribution in [3.63, 3.8) is 0 Å². The second-order valence-corrected chi connectivity index (χ2v) is 11.2. The molecule has 0 spiro atoms. The minimum atomic E-state index is 0.266. The van der Waals surface area contributed by atoms with E-state index in [4.69, 9.17) is 30.4 Å². The van der Waals surface area contributed by atoms with Crippen LogP contribution in [0.1, 0.15) is 33.4 Å². The quantitative estimate of drug-likeness (QED) is 0.328. The summed E-state index contributed by atoms with van der Waals surface area (Å²) in [6, 6.07) is 4.49. The van der Waals surface area contributed by atoms with Gasteiger partial charge in [0.15, 0.2) is 0 Å². The number of epoxide rings is 4. The van der Waals surface area contributed by atoms with Gasteiger partial charge in [-0.3, -0.25) is 0 Å². The molecule has 176 valence electrons. The summed E-state index contributed by atoms with van der Waals surface area (Å²) in [5, 5.41) is 0. The first-order valence-electron chi connectivity index (χ1n) is 11.6. The highest BCUT2D eigenvalue weighted by atomic mass is 79.9. The molecule has 4 atom stereocenters. The highest BCUT2D eigenvalue weighted by Gasteiger charge is 2.31. The fraction of sp³-hybridized carbons (Fsp3) is 0.520. The van der Waals surface area contributed by atoms with Crippen molar-refractivity contribution in [1.82, 2.24) is 0 Å². The maximum Gasteiger partial charge on any atom is 0.0851 e. The third-order valence-corrected chi connectivity index (χ3v) is 8.86. The zero-order chi connectivity index (χ0) is 22.7. The van der Waals surface area contributed by atoms with E-state index in [1.807, 2.05) is 0 Å². The Hall–Kier alpha value is -1.16. The largest absolute Gasteiger partial charge is 0.398 e. The first kappa shape index (κ1) is 22.3. The van der Waals surface area contributed by atoms with Gasteiger partial charge in [0.05, 0.1) is 50.8 Å². The molecule has 0 saturated carbocycles. The number of rotatable bonds is 10. The molecule has 0 bridgehead atoms. The summed E-state index contributed by atoms with van der Waals surface area (Å²) >= 11 is 7.78. The molecule has 8 heteroatoms. The van der Waals surface area contributed by atoms with Gasteiger partial charge in [-0.2, -0.15) is 0 Å². The van der Waals surface area contributed by atoms with Crippen LogP contribution in [0.25, 0.3) is 0 Å². The topological polar surface area (TPSA) is 102 Å². The number of benzene rings is 2. The summed E-state index contributed by atoms with van der Waals surface area (Å²) in [5.74, 6) is 0. The number of hydrogen-bond acceptors (Lipinski definition) is 6. The molecule has 4 fully saturated rings. The number of hydrogen-bond donors (Lipinski definition) is 2. The molecule has 33 heavy (non-hydrogen) atoms. The summed E-state index contributed by atoms with van der Waals surface area (Å²) in [6.45, 7) is 3.24. The monoisotopic (exact) mass is 578 g/mol. The average Bonchev–Trinajstić information content (AvgIpc) is 3.62. The number of ether oxygens (including phenoxy) is 4. The summed E-state index contributed by atoms with van der Waals surface area (Å²) in [4.78, 5) is 0. The number of anilines is 2. The predicted molar refractivity (Wildman–Crippen MR) is 134 cm³/mol. The molecule has 4 saturated heterocycles. The summed E-state index contributed by atoms with van der Waals surface area (Å²) in [6.07, 6.45) is 5.23. The molecule has 4 aliphatic heterocycles. The Kier molecular flexibility index (Phi) is 5.95. The van der Waals surface area contributed by atoms with Crippen molar-refractivity contribution in [2.45, 2.75) is 56.5 Å². The van der Waals surface area contributed by atoms with Crippen LogP contribution in [0.4, 0.5) is 11.4 Å². The van der Waals surface area contributed by atoms with E-state index in [9.17, 15) is 0 Å². The van der Waals surface area contributed by atoms with Gasteiger partial charge >= 0.3 is 0 Å². The van der Waals surface area contributed by atoms with Crippen molar-refractivity contribution in [2.24, 2.45) is 0 Å². The molecule has 6 rings (SSSR count). The highest BCUT2D eigenvalue weighted by Crippen LogP contribution is 2.40. The lowest BCUT2D eigenvalue weighted by Crippen LogP contribution is -2.11. The standard InChI is InChI=1S/C25H28Br2N2O4/c26-22-12(2-14(4-16-8-30-16)24(28)20(22)6-18-10-32-18)1-13-3-15(5-17-9-31-17)25(29)21(23(13)27)7-19-11-33-19/h2-3,16-19H,1,4-11,28-29H2. The van der Waals surface area contributed by atoms with Crippen LogP contribution in [0.5, 0.6) is 0 Å². The van der Waals surface area contributed by atoms with Crippen molar-refractivity contribution in [1.29, 1.82) is 0 Å². The van der Waals surface area contributed by atoms with E-state index in [1.54, 1.807) is 0 Å². The normalized spacial score (nSPS) is 27.0. The van der Waals surface area contributed by atoms with E-state index < -0.39 is 0 Å². The van der Waals surface area contributed by atoms with E-state index in [0.717, 1.165) is 101 Å². The van der Waals surface area contributed by atoms with Gasteiger partial charge in [-0.05, 0) is 39.8 Å². The molecular weight excluding hydrogens is 552 g/mol. The van der Waals surface area contributed by atoms with Gasteiger partial charge in [0.25, 0.3) is 0 Å². The molecule has 4 N–H and O–H groups in total. The van der Waals surface area contributed by atoms with Gasteiger partial charge < -0.3 is 30.4 Å². The molecule has 0 aromatic heterocycles. The molecule has 6 nitrogen and oxygen atoms in total. The van der Waals surface area contributed by atoms with E-state index in [-0.39, 0.29) is 24.4 Å². The second-order valence-electron chi connectivity index (χ2n) is 9.62. The summed E-state index contributed by atoms with van der Waals surface area (Å²) in [5.41, 5.74) is 22.1. The highest BCUT2D eigenvalue weighted by molar-refractivity contribution is 9.11. The second kappa shape index (κ2) is 8.81. The summed E-state index contributed by atoms with van der Waals surface area (Å²) < 4.78 is 24.2. The fourth-order valence-corrected chi connectivity index (χ4v) is 5.86. The van der Waals surface area contributed by atoms with Crippen LogP contribution >= 0.6 is 31.9 Å². The Bertz CT molecular complexity index is 1010. The van der Waals surface area contributed by atoms with E-state index in [2.05, 4.69) is 44.0 Å². The van der Waals surface area contributed by atoms with Gasteiger partial charge in [-0.1, -0.05) is 44.0 Å². The van der Waals surface area contributed by atoms with Crippen LogP contribution in [-0.4, -0.2) is 50.8 Å². The Morgan fingerprint density at radius 1 is 0.606 bits per heavy atom. The minimum Gasteiger partial charge on any atom is -0.398 e. The SMILES string of the molecule is Nc1c(CC2CO2)cc(Cc2cc(CC3CO3)c(N)c(CC3CO3)c2Br)c(Br)c1CC1CO1. The number of nitrogens with two attached hydrogens (primary N) is 2. The Morgan fingerprint density at radius 3 is 1.27 bits per heavy atom. The fourth-order valence-electron chi connectivity index (χ4n) is 4.60. The van der Waals surface area contributed by atoms with Crippen molar-refractivity contribution in [3.8, 4) is 0 Å². The third-order valence-electron chi connectivity index (χ3n) is 6.88. The zero-order valence-corrected chi connectivity index (χ0v) is 21.5. The lowest BCUT2D eigenvalue weighted by molar-refractivity contribution is 0.406. The lowest BCUT2D eigenvalue weighted by Gasteiger charge is -2.20. The van der Waals surface area contributed by atoms with Crippen molar-refractivity contribution < 1.29 is 18.9 Å². The first-order valence-corrected chi connectivity index (χ1v) is 13.2. The van der Waals surface area contributed by atoms with Gasteiger partial charge in [0.2, 0.25) is 0 Å². The molecule has 0 aliphatic carbocycles. The number of nitrogen functional groups attached to an aromatic ring is 2. The smallest absolute Gasteiger partial charge is 0.0851 e. The minimum absolute atomic E-state index is 0.266. The molecule has 0 radical (unpaired) electrons. The van der Waals surface area contributed by atoms with Crippen LogP contribution in [0.15, 0.2) is 21.1 Å². The Morgan fingerprint density at radius 2 is 0.939 bits per heavy atom. The van der Waals surface area contributed by atoms with Gasteiger partial charge in [-0.15, -0.1) is 0 Å². The molecule has 0 amide bonds. The molecular formula is C25H28Br2N2O4. The van der Waals surface area contributed by atoms with Crippen LogP contribution in [0.3, 0.4) is 0 Å². The van der Waals surface area contributed by atoms with Gasteiger partial charge in [0, 0.05) is 46.0 Å². The first-order chi connectivity index (χ1) is 16.0. The van der Waals surface area contributed by atoms with Crippen molar-refractivity contribution in [3.05, 3.63) is 54.5 Å². The summed E-state index contributed by atoms with van der Waals surface area (Å²) in [7, 11) is 0. The molecule has 4 aliphatic rings. The Balaban J connectivity index is 1.38. The maximum atomic E-state index is 6.63. The number of halogens is 2. The molecule has 2 aromatic carbocycles. The van der Waals surface area contributed by atoms with Crippen LogP contribution < -0.4 is 11.5 Å². The molecule has 4 heterocycles. The maximum absolute atomic E-state index is 6.63. The zero-order valence-electron chi connectivity index (χ0n) is 18.4. The van der Waals surface area contributed by atoms with Crippen LogP contribution in [0, 0.1) is 0 Å². The third kappa shape index (κ3) is 5.11. The molecule has 4 unspecified atom stereocenters. The van der Waals surface area contributed by atoms with E-state index in [0.29, 0.717) is 0 Å². The lowest BCUT2D eigenvalue weighted by atomic mass is 9.91. The van der Waals surface area contributed by atoms with E-state index >= 15 is 0 Å². The van der Waals surface area contributed by atoms with Crippen LogP contribution in [0.2, 0.25) is 0 Å². The van der Waals surface area contributed by atoms with Crippen molar-refractivity contribution >= 4 is 43.2 Å². The van der Waals surface area contributed by atoms with Crippen LogP contribution in [-0.2, 0) is 51.1 Å². The van der Waals surface area contributed by atoms with E-state index in [1.165, 1.54) is 11.1 Å². The predicted octanol–water partition coefficient (Wildman–Crippen LogP) is 3.73. The van der Waals surface area contributed by atoms with Crippen molar-refractivity contribution in [2.75, 3.05) is 37.9 Å². The van der Waals surface area contributed by atoms with Gasteiger partial charge in [-0.25, -0.2) is 0 Å². The average molecular weight is 580 g/mol.